The van der Waals surface area contributed by atoms with E-state index in [2.05, 4.69) is 0 Å². The Hall–Kier alpha value is -2.85. The van der Waals surface area contributed by atoms with Gasteiger partial charge in [0.25, 0.3) is 5.69 Å². The molecule has 23 heavy (non-hydrogen) atoms. The van der Waals surface area contributed by atoms with E-state index in [9.17, 15) is 29.0 Å². The Morgan fingerprint density at radius 3 is 1.91 bits per heavy atom. The third-order valence-electron chi connectivity index (χ3n) is 2.50. The summed E-state index contributed by atoms with van der Waals surface area (Å²) in [6.07, 6.45) is 0. The lowest BCUT2D eigenvalue weighted by Gasteiger charge is -2.19. The molecule has 0 radical (unpaired) electrons. The van der Waals surface area contributed by atoms with Crippen LogP contribution in [0.2, 0.25) is 0 Å². The maximum absolute atomic E-state index is 13.0. The Morgan fingerprint density at radius 1 is 1.13 bits per heavy atom. The second-order valence-electron chi connectivity index (χ2n) is 4.72. The van der Waals surface area contributed by atoms with E-state index in [1.807, 2.05) is 28.2 Å². The number of rotatable bonds is 3. The minimum atomic E-state index is -1.55. The molecule has 0 spiro atoms. The summed E-state index contributed by atoms with van der Waals surface area (Å²) in [4.78, 5) is 22.0. The molecule has 11 heteroatoms. The van der Waals surface area contributed by atoms with Crippen molar-refractivity contribution in [2.24, 2.45) is 0 Å². The van der Waals surface area contributed by atoms with Gasteiger partial charge in [0, 0.05) is 39.2 Å². The van der Waals surface area contributed by atoms with Crippen molar-refractivity contribution >= 4 is 11.6 Å². The molecule has 1 aromatic rings. The zero-order valence-electron chi connectivity index (χ0n) is 13.0. The summed E-state index contributed by atoms with van der Waals surface area (Å²) >= 11 is 0. The van der Waals surface area contributed by atoms with Crippen molar-refractivity contribution in [2.75, 3.05) is 28.2 Å². The van der Waals surface area contributed by atoms with E-state index in [-0.39, 0.29) is 0 Å². The molecule has 0 heterocycles. The minimum absolute atomic E-state index is 0.519. The molecule has 0 aliphatic rings. The third kappa shape index (κ3) is 6.20. The van der Waals surface area contributed by atoms with Crippen molar-refractivity contribution in [3.05, 3.63) is 49.6 Å². The molecule has 0 unspecified atom stereocenters. The van der Waals surface area contributed by atoms with Gasteiger partial charge < -0.3 is 9.80 Å². The van der Waals surface area contributed by atoms with Gasteiger partial charge in [-0.2, -0.15) is 0 Å². The summed E-state index contributed by atoms with van der Waals surface area (Å²) in [6.45, 7) is -1.13. The average molecular weight is 333 g/mol. The second kappa shape index (κ2) is 8.56. The third-order valence-corrected chi connectivity index (χ3v) is 2.50. The monoisotopic (exact) mass is 333 g/mol. The first kappa shape index (κ1) is 20.2. The minimum Gasteiger partial charge on any atom is -0.349 e. The van der Waals surface area contributed by atoms with Crippen LogP contribution in [-0.4, -0.2) is 53.8 Å². The molecule has 0 atom stereocenters. The van der Waals surface area contributed by atoms with Crippen LogP contribution in [0.15, 0.2) is 12.1 Å². The van der Waals surface area contributed by atoms with E-state index in [4.69, 9.17) is 5.41 Å². The van der Waals surface area contributed by atoms with Crippen molar-refractivity contribution in [3.8, 4) is 0 Å². The zero-order chi connectivity index (χ0) is 18.3. The van der Waals surface area contributed by atoms with Gasteiger partial charge in [-0.25, -0.2) is 8.78 Å². The smallest absolute Gasteiger partial charge is 0.282 e. The lowest BCUT2D eigenvalue weighted by atomic mass is 10.1. The molecular weight excluding hydrogens is 316 g/mol. The van der Waals surface area contributed by atoms with Gasteiger partial charge >= 0.3 is 0 Å². The number of guanidine groups is 1. The highest BCUT2D eigenvalue weighted by molar-refractivity contribution is 5.75. The molecule has 9 nitrogen and oxygen atoms in total. The van der Waals surface area contributed by atoms with Crippen LogP contribution in [0, 0.1) is 37.3 Å². The number of nitrogens with zero attached hydrogens (tertiary/aromatic N) is 4. The summed E-state index contributed by atoms with van der Waals surface area (Å²) in [5.41, 5.74) is -1.66. The van der Waals surface area contributed by atoms with Gasteiger partial charge in [-0.15, -0.1) is 0 Å². The number of nitrogens with one attached hydrogen (secondary N) is 1. The highest BCUT2D eigenvalue weighted by Gasteiger charge is 2.25. The summed E-state index contributed by atoms with van der Waals surface area (Å²) in [5, 5.41) is 27.7. The van der Waals surface area contributed by atoms with Crippen molar-refractivity contribution in [1.82, 2.24) is 9.80 Å². The van der Waals surface area contributed by atoms with Crippen LogP contribution < -0.4 is 0 Å². The van der Waals surface area contributed by atoms with E-state index in [1.54, 1.807) is 9.80 Å². The molecule has 128 valence electrons. The number of benzene rings is 1. The van der Waals surface area contributed by atoms with Gasteiger partial charge in [0.15, 0.2) is 17.6 Å². The van der Waals surface area contributed by atoms with E-state index in [0.29, 0.717) is 18.1 Å². The summed E-state index contributed by atoms with van der Waals surface area (Å²) in [7, 11) is 7.40. The largest absolute Gasteiger partial charge is 0.349 e. The van der Waals surface area contributed by atoms with Crippen LogP contribution in [0.3, 0.4) is 0 Å². The molecule has 1 N–H and O–H groups in total. The van der Waals surface area contributed by atoms with Crippen LogP contribution in [0.1, 0.15) is 5.56 Å². The quantitative estimate of drug-likeness (QED) is 0.389. The van der Waals surface area contributed by atoms with E-state index in [1.165, 1.54) is 0 Å². The zero-order valence-corrected chi connectivity index (χ0v) is 13.0. The van der Waals surface area contributed by atoms with E-state index in [0.717, 1.165) is 0 Å². The maximum atomic E-state index is 13.0. The predicted molar refractivity (Wildman–Crippen MR) is 78.8 cm³/mol. The lowest BCUT2D eigenvalue weighted by molar-refractivity contribution is -0.499. The number of halogens is 2. The van der Waals surface area contributed by atoms with Crippen LogP contribution >= 0.6 is 0 Å². The first-order valence-corrected chi connectivity index (χ1v) is 6.15. The van der Waals surface area contributed by atoms with Crippen LogP contribution in [0.4, 0.5) is 14.5 Å². The average Bonchev–Trinajstić information content (AvgIpc) is 2.42. The first-order valence-electron chi connectivity index (χ1n) is 6.15. The Morgan fingerprint density at radius 2 is 1.61 bits per heavy atom. The highest BCUT2D eigenvalue weighted by Crippen LogP contribution is 2.24. The number of nitro groups is 2. The van der Waals surface area contributed by atoms with Crippen LogP contribution in [0.5, 0.6) is 0 Å². The standard InChI is InChI=1S/C7H4F2N2O4.C5H13N3/c8-5-1-2-6(11(14)15)4(7(5)9)3-10(12)13;1-7(2)5(6)8(3)4/h1-2H,3H2;6H,1-4H3. The van der Waals surface area contributed by atoms with Gasteiger partial charge in [-0.3, -0.25) is 25.6 Å². The van der Waals surface area contributed by atoms with Crippen LogP contribution in [-0.2, 0) is 6.54 Å². The van der Waals surface area contributed by atoms with Crippen LogP contribution in [0.25, 0.3) is 0 Å². The first-order chi connectivity index (χ1) is 10.5. The molecular formula is C12H17F2N5O4. The molecule has 0 fully saturated rings. The molecule has 1 rings (SSSR count). The van der Waals surface area contributed by atoms with Gasteiger partial charge in [0.2, 0.25) is 6.54 Å². The second-order valence-corrected chi connectivity index (χ2v) is 4.72. The van der Waals surface area contributed by atoms with Gasteiger partial charge in [-0.1, -0.05) is 0 Å². The van der Waals surface area contributed by atoms with E-state index >= 15 is 0 Å². The van der Waals surface area contributed by atoms with Crippen molar-refractivity contribution in [1.29, 1.82) is 5.41 Å². The normalized spacial score (nSPS) is 9.48. The summed E-state index contributed by atoms with van der Waals surface area (Å²) in [6, 6.07) is 1.24. The lowest BCUT2D eigenvalue weighted by Crippen LogP contribution is -2.34. The van der Waals surface area contributed by atoms with Crippen molar-refractivity contribution in [3.63, 3.8) is 0 Å². The maximum Gasteiger partial charge on any atom is 0.282 e. The fourth-order valence-corrected chi connectivity index (χ4v) is 1.43. The molecule has 1 aromatic carbocycles. The number of hydrogen-bond acceptors (Lipinski definition) is 5. The summed E-state index contributed by atoms with van der Waals surface area (Å²) in [5.74, 6) is -2.39. The van der Waals surface area contributed by atoms with Gasteiger partial charge in [-0.05, 0) is 6.07 Å². The van der Waals surface area contributed by atoms with Gasteiger partial charge in [0.05, 0.1) is 4.92 Å². The molecule has 0 aliphatic heterocycles. The van der Waals surface area contributed by atoms with Crippen molar-refractivity contribution < 1.29 is 18.6 Å². The topological polar surface area (TPSA) is 117 Å². The molecule has 0 amide bonds. The molecule has 0 saturated heterocycles. The molecule has 0 saturated carbocycles. The fraction of sp³-hybridized carbons (Fsp3) is 0.417. The Kier molecular flexibility index (Phi) is 7.50. The molecule has 0 aliphatic carbocycles. The van der Waals surface area contributed by atoms with E-state index < -0.39 is 39.3 Å². The number of nitro benzene ring substituents is 1. The molecule has 0 aromatic heterocycles. The Balaban J connectivity index is 0.000000515. The number of hydrogen-bond donors (Lipinski definition) is 1. The highest BCUT2D eigenvalue weighted by atomic mass is 19.2. The molecule has 0 bridgehead atoms. The predicted octanol–water partition coefficient (Wildman–Crippen LogP) is 1.69. The SMILES string of the molecule is CN(C)C(=N)N(C)C.O=[N+]([O-])Cc1c([N+](=O)[O-])ccc(F)c1F. The fourth-order valence-electron chi connectivity index (χ4n) is 1.43. The Bertz CT molecular complexity index is 597. The van der Waals surface area contributed by atoms with Gasteiger partial charge in [0.1, 0.15) is 5.56 Å². The summed E-state index contributed by atoms with van der Waals surface area (Å²) < 4.78 is 25.7. The van der Waals surface area contributed by atoms with Crippen molar-refractivity contribution in [2.45, 2.75) is 6.54 Å². The Labute approximate surface area is 130 Å².